The van der Waals surface area contributed by atoms with Crippen LogP contribution in [-0.4, -0.2) is 26.3 Å². The molecule has 0 heterocycles. The summed E-state index contributed by atoms with van der Waals surface area (Å²) in [6.45, 7) is 2.42. The quantitative estimate of drug-likeness (QED) is 0.703. The van der Waals surface area contributed by atoms with Crippen molar-refractivity contribution in [2.45, 2.75) is 38.3 Å². The molecule has 1 aromatic rings. The first-order valence-electron chi connectivity index (χ1n) is 7.81. The third-order valence-corrected chi connectivity index (χ3v) is 4.29. The molecular formula is C17H25NO2. The zero-order chi connectivity index (χ0) is 13.8. The molecule has 0 bridgehead atoms. The van der Waals surface area contributed by atoms with Crippen molar-refractivity contribution < 1.29 is 9.47 Å². The van der Waals surface area contributed by atoms with Gasteiger partial charge in [-0.3, -0.25) is 0 Å². The number of benzene rings is 1. The van der Waals surface area contributed by atoms with E-state index in [-0.39, 0.29) is 0 Å². The Hall–Kier alpha value is -1.06. The van der Waals surface area contributed by atoms with Gasteiger partial charge in [0.2, 0.25) is 0 Å². The molecule has 2 aliphatic carbocycles. The second kappa shape index (κ2) is 6.59. The van der Waals surface area contributed by atoms with E-state index in [9.17, 15) is 0 Å². The Morgan fingerprint density at radius 1 is 1.20 bits per heavy atom. The Balaban J connectivity index is 1.33. The van der Waals surface area contributed by atoms with E-state index in [0.717, 1.165) is 36.8 Å². The van der Waals surface area contributed by atoms with Crippen LogP contribution in [-0.2, 0) is 11.3 Å². The fourth-order valence-corrected chi connectivity index (χ4v) is 2.88. The van der Waals surface area contributed by atoms with Gasteiger partial charge in [0.05, 0.1) is 20.3 Å². The van der Waals surface area contributed by atoms with E-state index in [4.69, 9.17) is 9.47 Å². The Bertz CT molecular complexity index is 415. The molecule has 0 aliphatic heterocycles. The lowest BCUT2D eigenvalue weighted by Gasteiger charge is -2.17. The molecule has 1 aromatic carbocycles. The first kappa shape index (κ1) is 13.9. The van der Waals surface area contributed by atoms with Crippen LogP contribution in [0.3, 0.4) is 0 Å². The first-order chi connectivity index (χ1) is 9.86. The van der Waals surface area contributed by atoms with Crippen molar-refractivity contribution >= 4 is 0 Å². The SMILES string of the molecule is COc1cccc(COCCNC(C2CC2)C2CC2)c1. The van der Waals surface area contributed by atoms with Gasteiger partial charge in [0.15, 0.2) is 0 Å². The smallest absolute Gasteiger partial charge is 0.119 e. The molecule has 2 saturated carbocycles. The standard InChI is InChI=1S/C17H25NO2/c1-19-16-4-2-3-13(11-16)12-20-10-9-18-17(14-5-6-14)15-7-8-15/h2-4,11,14-15,17-18H,5-10,12H2,1H3. The molecule has 0 saturated heterocycles. The highest BCUT2D eigenvalue weighted by atomic mass is 16.5. The largest absolute Gasteiger partial charge is 0.497 e. The Morgan fingerprint density at radius 3 is 2.60 bits per heavy atom. The van der Waals surface area contributed by atoms with E-state index >= 15 is 0 Å². The predicted molar refractivity (Wildman–Crippen MR) is 79.9 cm³/mol. The molecular weight excluding hydrogens is 250 g/mol. The molecule has 110 valence electrons. The lowest BCUT2D eigenvalue weighted by molar-refractivity contribution is 0.119. The van der Waals surface area contributed by atoms with Crippen molar-refractivity contribution in [3.05, 3.63) is 29.8 Å². The summed E-state index contributed by atoms with van der Waals surface area (Å²) in [7, 11) is 1.69. The van der Waals surface area contributed by atoms with Gasteiger partial charge in [0, 0.05) is 12.6 Å². The van der Waals surface area contributed by atoms with Crippen LogP contribution in [0.1, 0.15) is 31.2 Å². The van der Waals surface area contributed by atoms with Crippen LogP contribution in [0.4, 0.5) is 0 Å². The molecule has 3 rings (SSSR count). The zero-order valence-electron chi connectivity index (χ0n) is 12.3. The van der Waals surface area contributed by atoms with Crippen LogP contribution in [0.5, 0.6) is 5.75 Å². The molecule has 0 amide bonds. The van der Waals surface area contributed by atoms with Gasteiger partial charge < -0.3 is 14.8 Å². The average Bonchev–Trinajstić information content (AvgIpc) is 3.36. The van der Waals surface area contributed by atoms with Crippen LogP contribution < -0.4 is 10.1 Å². The van der Waals surface area contributed by atoms with Gasteiger partial charge in [0.25, 0.3) is 0 Å². The van der Waals surface area contributed by atoms with Crippen molar-refractivity contribution in [3.63, 3.8) is 0 Å². The summed E-state index contributed by atoms with van der Waals surface area (Å²) >= 11 is 0. The average molecular weight is 275 g/mol. The van der Waals surface area contributed by atoms with Gasteiger partial charge in [0.1, 0.15) is 5.75 Å². The van der Waals surface area contributed by atoms with E-state index in [1.807, 2.05) is 18.2 Å². The van der Waals surface area contributed by atoms with E-state index in [0.29, 0.717) is 6.61 Å². The number of nitrogens with one attached hydrogen (secondary N) is 1. The van der Waals surface area contributed by atoms with Gasteiger partial charge in [-0.05, 0) is 55.2 Å². The van der Waals surface area contributed by atoms with Crippen molar-refractivity contribution in [2.75, 3.05) is 20.3 Å². The Labute approximate surface area is 121 Å². The monoisotopic (exact) mass is 275 g/mol. The molecule has 0 spiro atoms. The van der Waals surface area contributed by atoms with Crippen molar-refractivity contribution in [2.24, 2.45) is 11.8 Å². The van der Waals surface area contributed by atoms with Crippen LogP contribution in [0, 0.1) is 11.8 Å². The highest BCUT2D eigenvalue weighted by molar-refractivity contribution is 5.27. The maximum Gasteiger partial charge on any atom is 0.119 e. The zero-order valence-corrected chi connectivity index (χ0v) is 12.3. The fraction of sp³-hybridized carbons (Fsp3) is 0.647. The van der Waals surface area contributed by atoms with Gasteiger partial charge in [-0.15, -0.1) is 0 Å². The summed E-state index contributed by atoms with van der Waals surface area (Å²) in [4.78, 5) is 0. The molecule has 2 fully saturated rings. The van der Waals surface area contributed by atoms with Gasteiger partial charge >= 0.3 is 0 Å². The molecule has 20 heavy (non-hydrogen) atoms. The highest BCUT2D eigenvalue weighted by Crippen LogP contribution is 2.44. The van der Waals surface area contributed by atoms with Crippen LogP contribution in [0.2, 0.25) is 0 Å². The lowest BCUT2D eigenvalue weighted by Crippen LogP contribution is -2.35. The highest BCUT2D eigenvalue weighted by Gasteiger charge is 2.40. The summed E-state index contributed by atoms with van der Waals surface area (Å²) in [6, 6.07) is 8.85. The molecule has 0 atom stereocenters. The van der Waals surface area contributed by atoms with E-state index in [1.54, 1.807) is 7.11 Å². The van der Waals surface area contributed by atoms with Crippen LogP contribution in [0.15, 0.2) is 24.3 Å². The molecule has 1 N–H and O–H groups in total. The second-order valence-electron chi connectivity index (χ2n) is 6.06. The number of rotatable bonds is 9. The number of methoxy groups -OCH3 is 1. The van der Waals surface area contributed by atoms with Crippen LogP contribution in [0.25, 0.3) is 0 Å². The van der Waals surface area contributed by atoms with Crippen molar-refractivity contribution in [1.82, 2.24) is 5.32 Å². The molecule has 0 radical (unpaired) electrons. The normalized spacial score (nSPS) is 18.5. The summed E-state index contributed by atoms with van der Waals surface area (Å²) < 4.78 is 11.0. The molecule has 0 aromatic heterocycles. The van der Waals surface area contributed by atoms with E-state index in [2.05, 4.69) is 11.4 Å². The molecule has 0 unspecified atom stereocenters. The Kier molecular flexibility index (Phi) is 4.58. The molecule has 3 nitrogen and oxygen atoms in total. The van der Waals surface area contributed by atoms with Crippen molar-refractivity contribution in [1.29, 1.82) is 0 Å². The van der Waals surface area contributed by atoms with Crippen LogP contribution >= 0.6 is 0 Å². The summed E-state index contributed by atoms with van der Waals surface area (Å²) in [5, 5.41) is 3.70. The predicted octanol–water partition coefficient (Wildman–Crippen LogP) is 2.99. The Morgan fingerprint density at radius 2 is 1.95 bits per heavy atom. The fourth-order valence-electron chi connectivity index (χ4n) is 2.88. The number of ether oxygens (including phenoxy) is 2. The van der Waals surface area contributed by atoms with E-state index < -0.39 is 0 Å². The second-order valence-corrected chi connectivity index (χ2v) is 6.06. The minimum Gasteiger partial charge on any atom is -0.497 e. The number of hydrogen-bond acceptors (Lipinski definition) is 3. The lowest BCUT2D eigenvalue weighted by atomic mass is 10.1. The molecule has 2 aliphatic rings. The minimum absolute atomic E-state index is 0.663. The number of hydrogen-bond donors (Lipinski definition) is 1. The van der Waals surface area contributed by atoms with Gasteiger partial charge in [-0.2, -0.15) is 0 Å². The maximum absolute atomic E-state index is 5.75. The van der Waals surface area contributed by atoms with Crippen molar-refractivity contribution in [3.8, 4) is 5.75 Å². The third kappa shape index (κ3) is 3.97. The third-order valence-electron chi connectivity index (χ3n) is 4.29. The van der Waals surface area contributed by atoms with Gasteiger partial charge in [-0.25, -0.2) is 0 Å². The first-order valence-corrected chi connectivity index (χ1v) is 7.81. The summed E-state index contributed by atoms with van der Waals surface area (Å²) in [5.41, 5.74) is 1.17. The minimum atomic E-state index is 0.663. The topological polar surface area (TPSA) is 30.5 Å². The van der Waals surface area contributed by atoms with Gasteiger partial charge in [-0.1, -0.05) is 12.1 Å². The van der Waals surface area contributed by atoms with E-state index in [1.165, 1.54) is 31.2 Å². The maximum atomic E-state index is 5.75. The molecule has 3 heteroatoms. The summed E-state index contributed by atoms with van der Waals surface area (Å²) in [6.07, 6.45) is 5.72. The summed E-state index contributed by atoms with van der Waals surface area (Å²) in [5.74, 6) is 2.81.